The number of carbonyl (C=O) groups excluding carboxylic acids is 1. The fraction of sp³-hybridized carbons (Fsp3) is 0.263. The number of hydrogen-bond donors (Lipinski definition) is 1. The van der Waals surface area contributed by atoms with Crippen LogP contribution in [0.5, 0.6) is 0 Å². The van der Waals surface area contributed by atoms with E-state index in [4.69, 9.17) is 0 Å². The average molecular weight is 307 g/mol. The molecule has 2 aromatic carbocycles. The van der Waals surface area contributed by atoms with Gasteiger partial charge in [0.1, 0.15) is 5.82 Å². The van der Waals surface area contributed by atoms with Gasteiger partial charge in [0.2, 0.25) is 0 Å². The van der Waals surface area contributed by atoms with E-state index < -0.39 is 0 Å². The maximum atomic E-state index is 12.3. The second-order valence-electron chi connectivity index (χ2n) is 6.02. The number of hydrogen-bond acceptors (Lipinski definition) is 2. The predicted molar refractivity (Wildman–Crippen MR) is 92.5 cm³/mol. The standard InChI is InChI=1S/C19H21N3O/c1-12-5-7-16(9-13(12)2)19(23)20-11-15-6-8-18-17(10-15)21-14(3)22(18)4/h5-10H,11H2,1-4H3,(H,20,23). The van der Waals surface area contributed by atoms with Gasteiger partial charge in [-0.15, -0.1) is 0 Å². The molecule has 1 aromatic heterocycles. The summed E-state index contributed by atoms with van der Waals surface area (Å²) in [6, 6.07) is 11.9. The van der Waals surface area contributed by atoms with Crippen LogP contribution in [-0.2, 0) is 13.6 Å². The number of aryl methyl sites for hydroxylation is 4. The summed E-state index contributed by atoms with van der Waals surface area (Å²) in [4.78, 5) is 16.8. The number of amides is 1. The number of carbonyl (C=O) groups is 1. The molecular weight excluding hydrogens is 286 g/mol. The van der Waals surface area contributed by atoms with E-state index in [0.717, 1.165) is 28.0 Å². The smallest absolute Gasteiger partial charge is 0.251 e. The van der Waals surface area contributed by atoms with Gasteiger partial charge in [-0.05, 0) is 61.7 Å². The van der Waals surface area contributed by atoms with Crippen LogP contribution in [0.25, 0.3) is 11.0 Å². The Bertz CT molecular complexity index is 893. The van der Waals surface area contributed by atoms with Gasteiger partial charge in [0.15, 0.2) is 0 Å². The summed E-state index contributed by atoms with van der Waals surface area (Å²) < 4.78 is 2.06. The first-order valence-electron chi connectivity index (χ1n) is 7.73. The number of benzene rings is 2. The molecule has 4 nitrogen and oxygen atoms in total. The van der Waals surface area contributed by atoms with E-state index in [9.17, 15) is 4.79 Å². The molecule has 0 aliphatic rings. The Balaban J connectivity index is 1.74. The van der Waals surface area contributed by atoms with Crippen LogP contribution in [0.15, 0.2) is 36.4 Å². The maximum absolute atomic E-state index is 12.3. The van der Waals surface area contributed by atoms with Gasteiger partial charge in [0.05, 0.1) is 11.0 Å². The lowest BCUT2D eigenvalue weighted by atomic mass is 10.1. The van der Waals surface area contributed by atoms with Gasteiger partial charge in [0.25, 0.3) is 5.91 Å². The predicted octanol–water partition coefficient (Wildman–Crippen LogP) is 3.43. The second-order valence-corrected chi connectivity index (χ2v) is 6.02. The summed E-state index contributed by atoms with van der Waals surface area (Å²) >= 11 is 0. The number of nitrogens with one attached hydrogen (secondary N) is 1. The largest absolute Gasteiger partial charge is 0.348 e. The average Bonchev–Trinajstić information content (AvgIpc) is 2.82. The minimum absolute atomic E-state index is 0.0506. The minimum Gasteiger partial charge on any atom is -0.348 e. The third kappa shape index (κ3) is 2.97. The quantitative estimate of drug-likeness (QED) is 0.806. The molecular formula is C19H21N3O. The van der Waals surface area contributed by atoms with Crippen molar-refractivity contribution in [3.8, 4) is 0 Å². The van der Waals surface area contributed by atoms with E-state index in [1.165, 1.54) is 5.56 Å². The van der Waals surface area contributed by atoms with E-state index in [0.29, 0.717) is 12.1 Å². The second kappa shape index (κ2) is 5.88. The summed E-state index contributed by atoms with van der Waals surface area (Å²) in [5.74, 6) is 0.932. The van der Waals surface area contributed by atoms with Gasteiger partial charge in [-0.3, -0.25) is 4.79 Å². The zero-order valence-electron chi connectivity index (χ0n) is 14.0. The first kappa shape index (κ1) is 15.3. The van der Waals surface area contributed by atoms with Crippen molar-refractivity contribution in [3.63, 3.8) is 0 Å². The molecule has 0 atom stereocenters. The Kier molecular flexibility index (Phi) is 3.90. The topological polar surface area (TPSA) is 46.9 Å². The lowest BCUT2D eigenvalue weighted by molar-refractivity contribution is 0.0951. The summed E-state index contributed by atoms with van der Waals surface area (Å²) in [6.45, 7) is 6.54. The fourth-order valence-electron chi connectivity index (χ4n) is 2.64. The van der Waals surface area contributed by atoms with Crippen LogP contribution in [0.4, 0.5) is 0 Å². The van der Waals surface area contributed by atoms with Crippen molar-refractivity contribution in [1.82, 2.24) is 14.9 Å². The molecule has 4 heteroatoms. The van der Waals surface area contributed by atoms with Crippen LogP contribution in [0, 0.1) is 20.8 Å². The number of nitrogens with zero attached hydrogens (tertiary/aromatic N) is 2. The highest BCUT2D eigenvalue weighted by Crippen LogP contribution is 2.16. The molecule has 0 fully saturated rings. The minimum atomic E-state index is -0.0506. The molecule has 0 aliphatic carbocycles. The van der Waals surface area contributed by atoms with Crippen molar-refractivity contribution < 1.29 is 4.79 Å². The van der Waals surface area contributed by atoms with E-state index in [-0.39, 0.29) is 5.91 Å². The van der Waals surface area contributed by atoms with Crippen molar-refractivity contribution in [1.29, 1.82) is 0 Å². The molecule has 1 heterocycles. The number of aromatic nitrogens is 2. The summed E-state index contributed by atoms with van der Waals surface area (Å²) in [5, 5.41) is 2.97. The van der Waals surface area contributed by atoms with Crippen LogP contribution in [0.2, 0.25) is 0 Å². The summed E-state index contributed by atoms with van der Waals surface area (Å²) in [6.07, 6.45) is 0. The lowest BCUT2D eigenvalue weighted by Gasteiger charge is -2.07. The first-order valence-corrected chi connectivity index (χ1v) is 7.73. The molecule has 0 spiro atoms. The number of rotatable bonds is 3. The summed E-state index contributed by atoms with van der Waals surface area (Å²) in [7, 11) is 2.01. The monoisotopic (exact) mass is 307 g/mol. The highest BCUT2D eigenvalue weighted by Gasteiger charge is 2.08. The third-order valence-corrected chi connectivity index (χ3v) is 4.39. The van der Waals surface area contributed by atoms with Crippen molar-refractivity contribution in [2.24, 2.45) is 7.05 Å². The number of imidazole rings is 1. The Hall–Kier alpha value is -2.62. The van der Waals surface area contributed by atoms with Gasteiger partial charge in [0, 0.05) is 19.2 Å². The molecule has 0 aliphatic heterocycles. The molecule has 0 bridgehead atoms. The van der Waals surface area contributed by atoms with Crippen LogP contribution in [0.1, 0.15) is 32.9 Å². The molecule has 1 amide bonds. The van der Waals surface area contributed by atoms with Crippen molar-refractivity contribution in [2.45, 2.75) is 27.3 Å². The van der Waals surface area contributed by atoms with E-state index >= 15 is 0 Å². The molecule has 0 saturated heterocycles. The van der Waals surface area contributed by atoms with Crippen LogP contribution < -0.4 is 5.32 Å². The number of fused-ring (bicyclic) bond motifs is 1. The molecule has 0 radical (unpaired) electrons. The van der Waals surface area contributed by atoms with Gasteiger partial charge in [-0.1, -0.05) is 12.1 Å². The molecule has 3 aromatic rings. The van der Waals surface area contributed by atoms with Gasteiger partial charge < -0.3 is 9.88 Å². The molecule has 118 valence electrons. The van der Waals surface area contributed by atoms with Crippen LogP contribution >= 0.6 is 0 Å². The van der Waals surface area contributed by atoms with Crippen LogP contribution in [0.3, 0.4) is 0 Å². The third-order valence-electron chi connectivity index (χ3n) is 4.39. The van der Waals surface area contributed by atoms with Crippen molar-refractivity contribution in [2.75, 3.05) is 0 Å². The first-order chi connectivity index (χ1) is 11.0. The van der Waals surface area contributed by atoms with Gasteiger partial charge in [-0.25, -0.2) is 4.98 Å². The molecule has 23 heavy (non-hydrogen) atoms. The normalized spacial score (nSPS) is 11.0. The van der Waals surface area contributed by atoms with Gasteiger partial charge >= 0.3 is 0 Å². The Morgan fingerprint density at radius 1 is 1.09 bits per heavy atom. The zero-order valence-corrected chi connectivity index (χ0v) is 14.0. The van der Waals surface area contributed by atoms with Crippen molar-refractivity contribution >= 4 is 16.9 Å². The van der Waals surface area contributed by atoms with E-state index in [2.05, 4.69) is 14.9 Å². The van der Waals surface area contributed by atoms with Crippen LogP contribution in [-0.4, -0.2) is 15.5 Å². The zero-order chi connectivity index (χ0) is 16.6. The highest BCUT2D eigenvalue weighted by molar-refractivity contribution is 5.94. The van der Waals surface area contributed by atoms with Crippen molar-refractivity contribution in [3.05, 3.63) is 64.5 Å². The molecule has 1 N–H and O–H groups in total. The Morgan fingerprint density at radius 3 is 2.61 bits per heavy atom. The SMILES string of the molecule is Cc1ccc(C(=O)NCc2ccc3c(c2)nc(C)n3C)cc1C. The summed E-state index contributed by atoms with van der Waals surface area (Å²) in [5.41, 5.74) is 6.13. The maximum Gasteiger partial charge on any atom is 0.251 e. The molecule has 0 unspecified atom stereocenters. The molecule has 0 saturated carbocycles. The highest BCUT2D eigenvalue weighted by atomic mass is 16.1. The van der Waals surface area contributed by atoms with Gasteiger partial charge in [-0.2, -0.15) is 0 Å². The van der Waals surface area contributed by atoms with E-state index in [1.54, 1.807) is 0 Å². The Morgan fingerprint density at radius 2 is 1.87 bits per heavy atom. The molecule has 3 rings (SSSR count). The lowest BCUT2D eigenvalue weighted by Crippen LogP contribution is -2.22. The van der Waals surface area contributed by atoms with E-state index in [1.807, 2.05) is 64.2 Å². The Labute approximate surface area is 136 Å². The fourth-order valence-corrected chi connectivity index (χ4v) is 2.64.